The third-order valence-electron chi connectivity index (χ3n) is 1.69. The average molecular weight is 253 g/mol. The Morgan fingerprint density at radius 2 is 2.12 bits per heavy atom. The van der Waals surface area contributed by atoms with Gasteiger partial charge in [0.2, 0.25) is 5.88 Å². The van der Waals surface area contributed by atoms with E-state index in [-0.39, 0.29) is 5.56 Å². The first kappa shape index (κ1) is 13.0. The van der Waals surface area contributed by atoms with Gasteiger partial charge in [-0.2, -0.15) is 0 Å². The van der Waals surface area contributed by atoms with Crippen LogP contribution in [0.1, 0.15) is 5.56 Å². The number of H-pyrrole nitrogens is 1. The third-order valence-corrected chi connectivity index (χ3v) is 1.69. The van der Waals surface area contributed by atoms with Crippen molar-refractivity contribution in [3.05, 3.63) is 32.1 Å². The fourth-order valence-electron chi connectivity index (χ4n) is 1.12. The number of aromatic nitrogens is 1. The Morgan fingerprint density at radius 3 is 2.53 bits per heavy atom. The molecule has 0 radical (unpaired) electrons. The Kier molecular flexibility index (Phi) is 3.36. The Labute approximate surface area is 91.1 Å². The number of nitro groups is 1. The van der Waals surface area contributed by atoms with E-state index in [1.807, 2.05) is 0 Å². The molecule has 17 heavy (non-hydrogen) atoms. The van der Waals surface area contributed by atoms with Crippen LogP contribution in [0, 0.1) is 10.1 Å². The molecule has 0 amide bonds. The van der Waals surface area contributed by atoms with Crippen molar-refractivity contribution in [2.75, 3.05) is 0 Å². The molecule has 0 aromatic carbocycles. The number of alkyl halides is 3. The van der Waals surface area contributed by atoms with Gasteiger partial charge in [-0.25, -0.2) is 0 Å². The summed E-state index contributed by atoms with van der Waals surface area (Å²) in [4.78, 5) is 22.2. The fourth-order valence-corrected chi connectivity index (χ4v) is 1.12. The molecule has 0 atom stereocenters. The summed E-state index contributed by atoms with van der Waals surface area (Å²) in [5.41, 5.74) is 2.54. The molecule has 0 saturated heterocycles. The molecule has 0 saturated carbocycles. The maximum Gasteiger partial charge on any atom is 0.574 e. The lowest BCUT2D eigenvalue weighted by Gasteiger charge is -2.09. The zero-order valence-electron chi connectivity index (χ0n) is 8.08. The van der Waals surface area contributed by atoms with Crippen molar-refractivity contribution in [3.8, 4) is 5.88 Å². The van der Waals surface area contributed by atoms with Crippen molar-refractivity contribution in [1.82, 2.24) is 4.98 Å². The predicted molar refractivity (Wildman–Crippen MR) is 48.3 cm³/mol. The van der Waals surface area contributed by atoms with E-state index >= 15 is 0 Å². The normalized spacial score (nSPS) is 11.3. The minimum atomic E-state index is -5.01. The van der Waals surface area contributed by atoms with E-state index in [0.29, 0.717) is 6.07 Å². The number of nitrogens with two attached hydrogens (primary N) is 1. The zero-order chi connectivity index (χ0) is 13.2. The van der Waals surface area contributed by atoms with E-state index in [0.717, 1.165) is 0 Å². The molecule has 1 rings (SSSR count). The highest BCUT2D eigenvalue weighted by molar-refractivity contribution is 5.40. The van der Waals surface area contributed by atoms with Crippen molar-refractivity contribution < 1.29 is 22.8 Å². The number of aromatic amines is 1. The molecule has 94 valence electrons. The monoisotopic (exact) mass is 253 g/mol. The largest absolute Gasteiger partial charge is 0.574 e. The number of nitrogens with zero attached hydrogens (tertiary/aromatic N) is 1. The summed E-state index contributed by atoms with van der Waals surface area (Å²) in [6.45, 7) is -0.464. The fraction of sp³-hybridized carbons (Fsp3) is 0.286. The number of hydrogen-bond acceptors (Lipinski definition) is 5. The third kappa shape index (κ3) is 3.17. The van der Waals surface area contributed by atoms with Crippen molar-refractivity contribution in [1.29, 1.82) is 0 Å². The molecular weight excluding hydrogens is 247 g/mol. The highest BCUT2D eigenvalue weighted by Crippen LogP contribution is 2.23. The maximum atomic E-state index is 11.9. The molecule has 7 nitrogen and oxygen atoms in total. The van der Waals surface area contributed by atoms with E-state index in [9.17, 15) is 28.1 Å². The van der Waals surface area contributed by atoms with Gasteiger partial charge < -0.3 is 10.5 Å². The molecule has 1 aromatic rings. The Balaban J connectivity index is 3.28. The molecule has 0 aliphatic carbocycles. The quantitative estimate of drug-likeness (QED) is 0.606. The molecule has 1 heterocycles. The molecule has 0 spiro atoms. The van der Waals surface area contributed by atoms with Crippen LogP contribution in [0.25, 0.3) is 0 Å². The summed E-state index contributed by atoms with van der Waals surface area (Å²) in [5, 5.41) is 10.5. The number of rotatable bonds is 3. The second kappa shape index (κ2) is 4.41. The van der Waals surface area contributed by atoms with Crippen molar-refractivity contribution in [2.24, 2.45) is 5.73 Å². The lowest BCUT2D eigenvalue weighted by molar-refractivity contribution is -0.387. The van der Waals surface area contributed by atoms with Gasteiger partial charge in [0, 0.05) is 12.6 Å². The van der Waals surface area contributed by atoms with Gasteiger partial charge in [-0.1, -0.05) is 0 Å². The van der Waals surface area contributed by atoms with Crippen LogP contribution in [-0.4, -0.2) is 16.3 Å². The van der Waals surface area contributed by atoms with Crippen LogP contribution in [0.15, 0.2) is 10.9 Å². The first-order chi connectivity index (χ1) is 7.74. The van der Waals surface area contributed by atoms with E-state index in [4.69, 9.17) is 5.73 Å². The van der Waals surface area contributed by atoms with Crippen molar-refractivity contribution >= 4 is 5.69 Å². The van der Waals surface area contributed by atoms with Crippen LogP contribution in [-0.2, 0) is 6.54 Å². The van der Waals surface area contributed by atoms with E-state index in [2.05, 4.69) is 4.74 Å². The lowest BCUT2D eigenvalue weighted by atomic mass is 10.2. The van der Waals surface area contributed by atoms with Crippen LogP contribution >= 0.6 is 0 Å². The first-order valence-corrected chi connectivity index (χ1v) is 4.11. The van der Waals surface area contributed by atoms with Gasteiger partial charge in [-0.05, 0) is 0 Å². The molecule has 0 unspecified atom stereocenters. The summed E-state index contributed by atoms with van der Waals surface area (Å²) < 4.78 is 39.0. The summed E-state index contributed by atoms with van der Waals surface area (Å²) in [6.07, 6.45) is -5.01. The van der Waals surface area contributed by atoms with Gasteiger partial charge in [0.25, 0.3) is 0 Å². The predicted octanol–water partition coefficient (Wildman–Crippen LogP) is 0.640. The second-order valence-corrected chi connectivity index (χ2v) is 2.85. The van der Waals surface area contributed by atoms with Crippen LogP contribution in [0.4, 0.5) is 18.9 Å². The summed E-state index contributed by atoms with van der Waals surface area (Å²) >= 11 is 0. The topological polar surface area (TPSA) is 111 Å². The van der Waals surface area contributed by atoms with Gasteiger partial charge in [0.05, 0.1) is 10.5 Å². The summed E-state index contributed by atoms with van der Waals surface area (Å²) in [5.74, 6) is -0.950. The molecular formula is C7H6F3N3O4. The van der Waals surface area contributed by atoms with Gasteiger partial charge in [-0.15, -0.1) is 13.2 Å². The Hall–Kier alpha value is -2.10. The Bertz CT molecular complexity index is 496. The first-order valence-electron chi connectivity index (χ1n) is 4.11. The maximum absolute atomic E-state index is 11.9. The van der Waals surface area contributed by atoms with E-state index < -0.39 is 35.0 Å². The number of hydrogen-bond donors (Lipinski definition) is 2. The van der Waals surface area contributed by atoms with Crippen molar-refractivity contribution in [3.63, 3.8) is 0 Å². The number of nitrogens with one attached hydrogen (secondary N) is 1. The summed E-state index contributed by atoms with van der Waals surface area (Å²) in [6, 6.07) is 0.660. The number of ether oxygens (including phenoxy) is 1. The molecule has 10 heteroatoms. The standard InChI is InChI=1S/C7H6F3N3O4/c8-7(9,10)17-4-1-3(2-11)5(13(15)16)6(14)12-4/h1H,2,11H2,(H,12,14). The molecule has 0 fully saturated rings. The minimum absolute atomic E-state index is 0.349. The van der Waals surface area contributed by atoms with Crippen LogP contribution < -0.4 is 16.0 Å². The van der Waals surface area contributed by atoms with Gasteiger partial charge in [0.15, 0.2) is 0 Å². The minimum Gasteiger partial charge on any atom is -0.390 e. The molecule has 1 aromatic heterocycles. The van der Waals surface area contributed by atoms with Crippen LogP contribution in [0.5, 0.6) is 5.88 Å². The van der Waals surface area contributed by atoms with Gasteiger partial charge in [-0.3, -0.25) is 19.9 Å². The van der Waals surface area contributed by atoms with E-state index in [1.54, 1.807) is 4.98 Å². The van der Waals surface area contributed by atoms with Crippen LogP contribution in [0.2, 0.25) is 0 Å². The van der Waals surface area contributed by atoms with E-state index in [1.165, 1.54) is 0 Å². The lowest BCUT2D eigenvalue weighted by Crippen LogP contribution is -2.22. The van der Waals surface area contributed by atoms with Crippen molar-refractivity contribution in [2.45, 2.75) is 12.9 Å². The summed E-state index contributed by atoms with van der Waals surface area (Å²) in [7, 11) is 0. The molecule has 0 aliphatic rings. The molecule has 0 aliphatic heterocycles. The van der Waals surface area contributed by atoms with Crippen LogP contribution in [0.3, 0.4) is 0 Å². The highest BCUT2D eigenvalue weighted by Gasteiger charge is 2.32. The average Bonchev–Trinajstić information content (AvgIpc) is 2.12. The number of halogens is 3. The Morgan fingerprint density at radius 1 is 1.53 bits per heavy atom. The van der Waals surface area contributed by atoms with Gasteiger partial charge >= 0.3 is 17.6 Å². The second-order valence-electron chi connectivity index (χ2n) is 2.85. The van der Waals surface area contributed by atoms with Gasteiger partial charge in [0.1, 0.15) is 0 Å². The molecule has 3 N–H and O–H groups in total. The molecule has 0 bridgehead atoms. The number of pyridine rings is 1. The SMILES string of the molecule is NCc1cc(OC(F)(F)F)[nH]c(=O)c1[N+](=O)[O-]. The highest BCUT2D eigenvalue weighted by atomic mass is 19.4. The zero-order valence-corrected chi connectivity index (χ0v) is 8.08. The smallest absolute Gasteiger partial charge is 0.390 e.